The maximum Gasteiger partial charge on any atom is 1.00 e. The fourth-order valence-electron chi connectivity index (χ4n) is 1.65. The Balaban J connectivity index is 0.000000449. The Hall–Kier alpha value is -0.874. The second kappa shape index (κ2) is 13.3. The summed E-state index contributed by atoms with van der Waals surface area (Å²) < 4.78 is 0. The van der Waals surface area contributed by atoms with Crippen LogP contribution < -0.4 is 56.7 Å². The summed E-state index contributed by atoms with van der Waals surface area (Å²) in [4.78, 5) is 21.7. The number of hydrogen-bond donors (Lipinski definition) is 3. The SMILES string of the molecule is Cc1ccc(SCC[NH-])cc1.O=CNc1ccc(C(=O)O)cc1O.[K+]. The molecule has 0 heterocycles. The third-order valence-electron chi connectivity index (χ3n) is 2.85. The standard InChI is InChI=1S/C9H12NS.C8H7NO4.K/c1-8-2-4-9(5-3-8)11-7-6-10;10-4-9-6-2-1-5(8(12)13)3-7(6)11;/h2-5,10H,6-7H2,1H3;1-4,11H,(H,9,10)(H,12,13);/q-1;;+1. The fourth-order valence-corrected chi connectivity index (χ4v) is 2.32. The molecule has 0 aliphatic heterocycles. The average Bonchev–Trinajstić information content (AvgIpc) is 2.57. The minimum atomic E-state index is -1.13. The number of hydrogen-bond acceptors (Lipinski definition) is 4. The van der Waals surface area contributed by atoms with Crippen LogP contribution >= 0.6 is 11.8 Å². The van der Waals surface area contributed by atoms with E-state index in [-0.39, 0.29) is 68.4 Å². The van der Waals surface area contributed by atoms with Crippen molar-refractivity contribution in [1.29, 1.82) is 0 Å². The molecular formula is C17H19KN2O4S. The summed E-state index contributed by atoms with van der Waals surface area (Å²) in [6.45, 7) is 2.58. The molecule has 6 nitrogen and oxygen atoms in total. The van der Waals surface area contributed by atoms with Crippen molar-refractivity contribution in [1.82, 2.24) is 0 Å². The van der Waals surface area contributed by atoms with Gasteiger partial charge < -0.3 is 21.3 Å². The third-order valence-corrected chi connectivity index (χ3v) is 3.86. The molecule has 0 saturated heterocycles. The molecule has 0 atom stereocenters. The van der Waals surface area contributed by atoms with E-state index in [4.69, 9.17) is 10.8 Å². The summed E-state index contributed by atoms with van der Waals surface area (Å²) in [6.07, 6.45) is 0.398. The zero-order valence-corrected chi connectivity index (χ0v) is 18.1. The van der Waals surface area contributed by atoms with Crippen LogP contribution in [0, 0.1) is 6.92 Å². The molecule has 4 N–H and O–H groups in total. The first-order chi connectivity index (χ1) is 11.5. The number of carboxylic acid groups (broad SMARTS) is 1. The smallest absolute Gasteiger partial charge is 0.677 e. The van der Waals surface area contributed by atoms with Gasteiger partial charge in [-0.15, -0.1) is 18.3 Å². The van der Waals surface area contributed by atoms with E-state index in [0.717, 1.165) is 11.8 Å². The summed E-state index contributed by atoms with van der Waals surface area (Å²) in [5, 5.41) is 19.9. The normalized spacial score (nSPS) is 9.20. The summed E-state index contributed by atoms with van der Waals surface area (Å²) in [7, 11) is 0. The molecule has 1 amide bonds. The average molecular weight is 387 g/mol. The van der Waals surface area contributed by atoms with Gasteiger partial charge in [-0.3, -0.25) is 4.79 Å². The summed E-state index contributed by atoms with van der Waals surface area (Å²) in [5.41, 5.74) is 8.41. The number of thioether (sulfide) groups is 1. The third kappa shape index (κ3) is 9.41. The van der Waals surface area contributed by atoms with E-state index < -0.39 is 5.97 Å². The zero-order valence-electron chi connectivity index (χ0n) is 14.2. The van der Waals surface area contributed by atoms with Gasteiger partial charge in [-0.25, -0.2) is 4.79 Å². The van der Waals surface area contributed by atoms with Crippen LogP contribution in [0.4, 0.5) is 5.69 Å². The van der Waals surface area contributed by atoms with Crippen molar-refractivity contribution in [3.05, 3.63) is 59.3 Å². The number of nitrogens with one attached hydrogen (secondary N) is 2. The number of carbonyl (C=O) groups is 2. The number of aromatic carboxylic acids is 1. The van der Waals surface area contributed by atoms with Crippen molar-refractivity contribution in [2.45, 2.75) is 11.8 Å². The van der Waals surface area contributed by atoms with Gasteiger partial charge in [-0.2, -0.15) is 0 Å². The molecule has 2 aromatic carbocycles. The van der Waals surface area contributed by atoms with Crippen molar-refractivity contribution in [2.75, 3.05) is 17.6 Å². The molecule has 8 heteroatoms. The van der Waals surface area contributed by atoms with Gasteiger partial charge in [0.15, 0.2) is 0 Å². The van der Waals surface area contributed by atoms with Gasteiger partial charge in [-0.05, 0) is 43.0 Å². The number of amides is 1. The molecule has 0 unspecified atom stereocenters. The Morgan fingerprint density at radius 1 is 1.24 bits per heavy atom. The Labute approximate surface area is 193 Å². The maximum atomic E-state index is 10.4. The number of rotatable bonds is 6. The molecule has 0 bridgehead atoms. The number of phenols is 1. The molecule has 25 heavy (non-hydrogen) atoms. The van der Waals surface area contributed by atoms with E-state index in [1.54, 1.807) is 11.8 Å². The van der Waals surface area contributed by atoms with Crippen LogP contribution in [0.2, 0.25) is 0 Å². The maximum absolute atomic E-state index is 10.4. The predicted octanol–water partition coefficient (Wildman–Crippen LogP) is 0.802. The van der Waals surface area contributed by atoms with Crippen molar-refractivity contribution in [3.63, 3.8) is 0 Å². The number of aromatic hydroxyl groups is 1. The molecule has 0 aliphatic rings. The molecule has 0 aliphatic carbocycles. The first-order valence-electron chi connectivity index (χ1n) is 7.08. The largest absolute Gasteiger partial charge is 1.00 e. The Kier molecular flexibility index (Phi) is 12.9. The molecule has 0 aromatic heterocycles. The van der Waals surface area contributed by atoms with Gasteiger partial charge in [0.2, 0.25) is 6.41 Å². The topological polar surface area (TPSA) is 110 Å². The number of anilines is 1. The van der Waals surface area contributed by atoms with Crippen LogP contribution in [0.3, 0.4) is 0 Å². The van der Waals surface area contributed by atoms with E-state index in [2.05, 4.69) is 36.5 Å². The van der Waals surface area contributed by atoms with Gasteiger partial charge >= 0.3 is 57.4 Å². The van der Waals surface area contributed by atoms with E-state index in [9.17, 15) is 14.7 Å². The first-order valence-corrected chi connectivity index (χ1v) is 8.07. The summed E-state index contributed by atoms with van der Waals surface area (Å²) in [6, 6.07) is 12.1. The molecule has 0 spiro atoms. The van der Waals surface area contributed by atoms with Crippen LogP contribution in [0.1, 0.15) is 15.9 Å². The number of aryl methyl sites for hydroxylation is 1. The van der Waals surface area contributed by atoms with E-state index in [1.807, 2.05) is 0 Å². The Morgan fingerprint density at radius 3 is 2.36 bits per heavy atom. The van der Waals surface area contributed by atoms with Crippen LogP contribution in [0.15, 0.2) is 47.4 Å². The molecule has 0 fully saturated rings. The number of carboxylic acids is 1. The molecule has 2 aromatic rings. The fraction of sp³-hybridized carbons (Fsp3) is 0.176. The van der Waals surface area contributed by atoms with Crippen LogP contribution in [0.25, 0.3) is 5.73 Å². The van der Waals surface area contributed by atoms with Gasteiger partial charge in [0.25, 0.3) is 0 Å². The molecule has 2 rings (SSSR count). The van der Waals surface area contributed by atoms with Crippen molar-refractivity contribution in [3.8, 4) is 5.75 Å². The number of phenolic OH excluding ortho intramolecular Hbond substituents is 1. The minimum Gasteiger partial charge on any atom is -0.677 e. The predicted molar refractivity (Wildman–Crippen MR) is 95.8 cm³/mol. The molecule has 128 valence electrons. The van der Waals surface area contributed by atoms with Gasteiger partial charge in [0.1, 0.15) is 5.75 Å². The van der Waals surface area contributed by atoms with Crippen LogP contribution in [0.5, 0.6) is 5.75 Å². The van der Waals surface area contributed by atoms with E-state index in [0.29, 0.717) is 13.0 Å². The van der Waals surface area contributed by atoms with Crippen molar-refractivity contribution in [2.24, 2.45) is 0 Å². The summed E-state index contributed by atoms with van der Waals surface area (Å²) >= 11 is 1.74. The van der Waals surface area contributed by atoms with E-state index >= 15 is 0 Å². The quantitative estimate of drug-likeness (QED) is 0.294. The van der Waals surface area contributed by atoms with Gasteiger partial charge in [-0.1, -0.05) is 17.7 Å². The second-order valence-corrected chi connectivity index (χ2v) is 5.88. The van der Waals surface area contributed by atoms with E-state index in [1.165, 1.54) is 22.6 Å². The zero-order chi connectivity index (χ0) is 17.9. The summed E-state index contributed by atoms with van der Waals surface area (Å²) in [5.74, 6) is -0.511. The number of benzene rings is 2. The molecular weight excluding hydrogens is 367 g/mol. The van der Waals surface area contributed by atoms with Gasteiger partial charge in [0, 0.05) is 4.90 Å². The first kappa shape index (κ1) is 24.1. The monoisotopic (exact) mass is 386 g/mol. The van der Waals surface area contributed by atoms with Crippen LogP contribution in [-0.4, -0.2) is 34.9 Å². The Morgan fingerprint density at radius 2 is 1.88 bits per heavy atom. The van der Waals surface area contributed by atoms with Crippen LogP contribution in [-0.2, 0) is 4.79 Å². The Bertz CT molecular complexity index is 681. The van der Waals surface area contributed by atoms with Gasteiger partial charge in [0.05, 0.1) is 11.3 Å². The van der Waals surface area contributed by atoms with Crippen molar-refractivity contribution < 1.29 is 71.2 Å². The molecule has 0 saturated carbocycles. The minimum absolute atomic E-state index is 0. The molecule has 0 radical (unpaired) electrons. The number of carbonyl (C=O) groups excluding carboxylic acids is 1. The second-order valence-electron chi connectivity index (χ2n) is 4.71. The van der Waals surface area contributed by atoms with Crippen molar-refractivity contribution >= 4 is 29.8 Å².